The van der Waals surface area contributed by atoms with Crippen LogP contribution in [-0.2, 0) is 6.42 Å². The Morgan fingerprint density at radius 1 is 1.28 bits per heavy atom. The maximum Gasteiger partial charge on any atom is 0.0195 e. The number of piperazine rings is 1. The Morgan fingerprint density at radius 2 is 2.06 bits per heavy atom. The first-order chi connectivity index (χ1) is 8.79. The molecule has 100 valence electrons. The van der Waals surface area contributed by atoms with E-state index in [2.05, 4.69) is 54.4 Å². The summed E-state index contributed by atoms with van der Waals surface area (Å²) in [4.78, 5) is 2.64. The Morgan fingerprint density at radius 3 is 2.78 bits per heavy atom. The van der Waals surface area contributed by atoms with E-state index >= 15 is 0 Å². The van der Waals surface area contributed by atoms with Crippen LogP contribution in [0.3, 0.4) is 0 Å². The van der Waals surface area contributed by atoms with Crippen molar-refractivity contribution in [3.05, 3.63) is 35.9 Å². The van der Waals surface area contributed by atoms with Gasteiger partial charge in [-0.3, -0.25) is 4.90 Å². The number of hydrogen-bond donors (Lipinski definition) is 1. The van der Waals surface area contributed by atoms with E-state index in [1.807, 2.05) is 0 Å². The van der Waals surface area contributed by atoms with Crippen LogP contribution in [0.5, 0.6) is 0 Å². The molecule has 0 amide bonds. The van der Waals surface area contributed by atoms with E-state index in [9.17, 15) is 0 Å². The molecule has 1 aromatic rings. The van der Waals surface area contributed by atoms with Crippen LogP contribution in [0.15, 0.2) is 30.3 Å². The van der Waals surface area contributed by atoms with Gasteiger partial charge in [-0.05, 0) is 25.3 Å². The molecule has 1 aliphatic rings. The van der Waals surface area contributed by atoms with Crippen molar-refractivity contribution in [1.29, 1.82) is 0 Å². The first-order valence-corrected chi connectivity index (χ1v) is 7.31. The van der Waals surface area contributed by atoms with E-state index in [-0.39, 0.29) is 0 Å². The van der Waals surface area contributed by atoms with Gasteiger partial charge in [0.1, 0.15) is 0 Å². The fraction of sp³-hybridized carbons (Fsp3) is 0.625. The van der Waals surface area contributed by atoms with Crippen LogP contribution >= 0.6 is 0 Å². The number of nitrogens with one attached hydrogen (secondary N) is 1. The zero-order chi connectivity index (χ0) is 12.8. The molecule has 1 heterocycles. The van der Waals surface area contributed by atoms with Crippen molar-refractivity contribution < 1.29 is 0 Å². The Bertz CT molecular complexity index is 336. The van der Waals surface area contributed by atoms with Gasteiger partial charge in [-0.15, -0.1) is 0 Å². The summed E-state index contributed by atoms with van der Waals surface area (Å²) in [5, 5.41) is 3.66. The van der Waals surface area contributed by atoms with E-state index in [0.717, 1.165) is 6.54 Å². The minimum absolute atomic E-state index is 0.668. The van der Waals surface area contributed by atoms with Crippen LogP contribution in [0.4, 0.5) is 0 Å². The molecule has 2 atom stereocenters. The van der Waals surface area contributed by atoms with Crippen molar-refractivity contribution >= 4 is 0 Å². The second-order valence-electron chi connectivity index (χ2n) is 5.47. The van der Waals surface area contributed by atoms with E-state index in [1.54, 1.807) is 0 Å². The van der Waals surface area contributed by atoms with Gasteiger partial charge in [-0.25, -0.2) is 0 Å². The van der Waals surface area contributed by atoms with Crippen LogP contribution in [0.25, 0.3) is 0 Å². The molecule has 0 saturated carbocycles. The number of nitrogens with zero attached hydrogens (tertiary/aromatic N) is 1. The molecule has 0 spiro atoms. The average Bonchev–Trinajstić information content (AvgIpc) is 2.41. The first-order valence-electron chi connectivity index (χ1n) is 7.31. The van der Waals surface area contributed by atoms with Crippen molar-refractivity contribution in [2.24, 2.45) is 0 Å². The van der Waals surface area contributed by atoms with E-state index in [4.69, 9.17) is 0 Å². The summed E-state index contributed by atoms with van der Waals surface area (Å²) in [6.07, 6.45) is 3.75. The quantitative estimate of drug-likeness (QED) is 0.859. The highest BCUT2D eigenvalue weighted by Gasteiger charge is 2.23. The summed E-state index contributed by atoms with van der Waals surface area (Å²) in [7, 11) is 0. The molecule has 0 aromatic heterocycles. The molecule has 0 radical (unpaired) electrons. The van der Waals surface area contributed by atoms with Crippen LogP contribution in [0.2, 0.25) is 0 Å². The molecular weight excluding hydrogens is 220 g/mol. The lowest BCUT2D eigenvalue weighted by atomic mass is 10.0. The molecule has 1 fully saturated rings. The van der Waals surface area contributed by atoms with Crippen molar-refractivity contribution in [2.75, 3.05) is 19.6 Å². The summed E-state index contributed by atoms with van der Waals surface area (Å²) < 4.78 is 0. The topological polar surface area (TPSA) is 15.3 Å². The summed E-state index contributed by atoms with van der Waals surface area (Å²) in [6.45, 7) is 8.14. The Kier molecular flexibility index (Phi) is 5.21. The first kappa shape index (κ1) is 13.6. The largest absolute Gasteiger partial charge is 0.311 e. The van der Waals surface area contributed by atoms with Gasteiger partial charge >= 0.3 is 0 Å². The molecule has 1 N–H and O–H groups in total. The predicted molar refractivity (Wildman–Crippen MR) is 77.9 cm³/mol. The molecule has 2 heteroatoms. The lowest BCUT2D eigenvalue weighted by Gasteiger charge is -2.39. The third-order valence-corrected chi connectivity index (χ3v) is 3.95. The van der Waals surface area contributed by atoms with Gasteiger partial charge in [0.05, 0.1) is 0 Å². The van der Waals surface area contributed by atoms with Gasteiger partial charge in [0, 0.05) is 31.7 Å². The van der Waals surface area contributed by atoms with Crippen molar-refractivity contribution in [1.82, 2.24) is 10.2 Å². The minimum atomic E-state index is 0.668. The average molecular weight is 246 g/mol. The van der Waals surface area contributed by atoms with E-state index in [0.29, 0.717) is 12.1 Å². The van der Waals surface area contributed by atoms with Gasteiger partial charge in [-0.1, -0.05) is 43.7 Å². The smallest absolute Gasteiger partial charge is 0.0195 e. The van der Waals surface area contributed by atoms with Gasteiger partial charge in [0.15, 0.2) is 0 Å². The maximum atomic E-state index is 3.66. The third-order valence-electron chi connectivity index (χ3n) is 3.95. The lowest BCUT2D eigenvalue weighted by molar-refractivity contribution is 0.138. The molecular formula is C16H26N2. The predicted octanol–water partition coefficient (Wildman–Crippen LogP) is 2.69. The number of rotatable bonds is 5. The molecule has 0 aliphatic carbocycles. The Hall–Kier alpha value is -0.860. The number of hydrogen-bond acceptors (Lipinski definition) is 2. The molecule has 0 bridgehead atoms. The third kappa shape index (κ3) is 3.82. The van der Waals surface area contributed by atoms with E-state index in [1.165, 1.54) is 37.9 Å². The molecule has 2 nitrogen and oxygen atoms in total. The SMILES string of the molecule is CCCC1CN(CCc2ccccc2)C(C)CN1. The second kappa shape index (κ2) is 6.91. The fourth-order valence-electron chi connectivity index (χ4n) is 2.76. The van der Waals surface area contributed by atoms with Crippen LogP contribution < -0.4 is 5.32 Å². The standard InChI is InChI=1S/C16H26N2/c1-3-7-16-13-18(14(2)12-17-16)11-10-15-8-5-4-6-9-15/h4-6,8-9,14,16-17H,3,7,10-13H2,1-2H3. The highest BCUT2D eigenvalue weighted by atomic mass is 15.2. The molecule has 1 saturated heterocycles. The molecule has 18 heavy (non-hydrogen) atoms. The molecule has 2 unspecified atom stereocenters. The van der Waals surface area contributed by atoms with Crippen LogP contribution in [0.1, 0.15) is 32.3 Å². The maximum absolute atomic E-state index is 3.66. The van der Waals surface area contributed by atoms with Gasteiger partial charge in [0.2, 0.25) is 0 Å². The Balaban J connectivity index is 1.83. The van der Waals surface area contributed by atoms with Crippen molar-refractivity contribution in [3.8, 4) is 0 Å². The zero-order valence-corrected chi connectivity index (χ0v) is 11.7. The summed E-state index contributed by atoms with van der Waals surface area (Å²) in [6, 6.07) is 12.2. The summed E-state index contributed by atoms with van der Waals surface area (Å²) in [5.41, 5.74) is 1.45. The lowest BCUT2D eigenvalue weighted by Crippen LogP contribution is -2.55. The summed E-state index contributed by atoms with van der Waals surface area (Å²) >= 11 is 0. The van der Waals surface area contributed by atoms with Crippen molar-refractivity contribution in [2.45, 2.75) is 45.2 Å². The van der Waals surface area contributed by atoms with Gasteiger partial charge in [0.25, 0.3) is 0 Å². The zero-order valence-electron chi connectivity index (χ0n) is 11.7. The minimum Gasteiger partial charge on any atom is -0.311 e. The number of benzene rings is 1. The molecule has 1 aromatic carbocycles. The van der Waals surface area contributed by atoms with Crippen molar-refractivity contribution in [3.63, 3.8) is 0 Å². The van der Waals surface area contributed by atoms with Gasteiger partial charge in [-0.2, -0.15) is 0 Å². The van der Waals surface area contributed by atoms with Crippen LogP contribution in [-0.4, -0.2) is 36.6 Å². The Labute approximate surface area is 111 Å². The fourth-order valence-corrected chi connectivity index (χ4v) is 2.76. The normalized spacial score (nSPS) is 25.2. The molecule has 1 aliphatic heterocycles. The van der Waals surface area contributed by atoms with E-state index < -0.39 is 0 Å². The highest BCUT2D eigenvalue weighted by molar-refractivity contribution is 5.15. The van der Waals surface area contributed by atoms with Crippen LogP contribution in [0, 0.1) is 0 Å². The van der Waals surface area contributed by atoms with Gasteiger partial charge < -0.3 is 5.32 Å². The highest BCUT2D eigenvalue weighted by Crippen LogP contribution is 2.11. The molecule has 2 rings (SSSR count). The second-order valence-corrected chi connectivity index (χ2v) is 5.47. The summed E-state index contributed by atoms with van der Waals surface area (Å²) in [5.74, 6) is 0. The monoisotopic (exact) mass is 246 g/mol.